The monoisotopic (exact) mass is 627 g/mol. The Bertz CT molecular complexity index is 1870. The number of aliphatic hydroxyl groups is 1. The van der Waals surface area contributed by atoms with Gasteiger partial charge in [0.05, 0.1) is 19.2 Å². The smallest absolute Gasteiger partial charge is 0.323 e. The maximum atomic E-state index is 15.9. The van der Waals surface area contributed by atoms with E-state index in [9.17, 15) is 13.9 Å². The average molecular weight is 628 g/mol. The summed E-state index contributed by atoms with van der Waals surface area (Å²) < 4.78 is 66.7. The van der Waals surface area contributed by atoms with Crippen LogP contribution < -0.4 is 10.1 Å². The van der Waals surface area contributed by atoms with Crippen molar-refractivity contribution in [2.75, 3.05) is 6.54 Å². The van der Waals surface area contributed by atoms with E-state index in [0.717, 1.165) is 46.5 Å². The summed E-state index contributed by atoms with van der Waals surface area (Å²) in [7, 11) is 0. The lowest BCUT2D eigenvalue weighted by Crippen LogP contribution is -2.48. The maximum Gasteiger partial charge on any atom is 0.323 e. The van der Waals surface area contributed by atoms with E-state index in [1.807, 2.05) is 30.3 Å². The number of hydrogen-bond donors (Lipinski definition) is 2. The molecule has 2 heterocycles. The van der Waals surface area contributed by atoms with Gasteiger partial charge in [0.15, 0.2) is 5.60 Å². The zero-order valence-corrected chi connectivity index (χ0v) is 24.0. The molecule has 0 saturated heterocycles. The molecule has 0 radical (unpaired) electrons. The third-order valence-corrected chi connectivity index (χ3v) is 6.93. The van der Waals surface area contributed by atoms with Crippen LogP contribution in [0.2, 0.25) is 0 Å². The summed E-state index contributed by atoms with van der Waals surface area (Å²) in [4.78, 5) is 3.82. The minimum Gasteiger partial charge on any atom is -0.489 e. The molecule has 0 saturated carbocycles. The number of nitrogens with one attached hydrogen (secondary N) is 1. The molecule has 0 fully saturated rings. The number of aromatic nitrogens is 5. The van der Waals surface area contributed by atoms with Gasteiger partial charge in [-0.25, -0.2) is 13.5 Å². The summed E-state index contributed by atoms with van der Waals surface area (Å²) in [5, 5.41) is 33.1. The van der Waals surface area contributed by atoms with Crippen molar-refractivity contribution < 1.29 is 27.4 Å². The Labute approximate surface area is 261 Å². The number of rotatable bonds is 11. The van der Waals surface area contributed by atoms with Gasteiger partial charge in [-0.2, -0.15) is 14.0 Å². The predicted molar refractivity (Wildman–Crippen MR) is 157 cm³/mol. The second-order valence-electron chi connectivity index (χ2n) is 10.1. The Hall–Kier alpha value is -5.63. The number of hydrogen-bond acceptors (Lipinski definition) is 8. The van der Waals surface area contributed by atoms with Crippen LogP contribution in [-0.2, 0) is 31.2 Å². The molecule has 0 aliphatic rings. The number of ether oxygens (including phenoxy) is 1. The molecule has 2 aromatic heterocycles. The molecule has 5 aromatic rings. The van der Waals surface area contributed by atoms with Crippen LogP contribution >= 0.6 is 0 Å². The molecule has 0 aliphatic heterocycles. The van der Waals surface area contributed by atoms with Gasteiger partial charge in [-0.15, -0.1) is 5.10 Å². The number of pyridine rings is 1. The summed E-state index contributed by atoms with van der Waals surface area (Å²) in [5.41, 5.74) is -1.98. The molecule has 1 atom stereocenters. The van der Waals surface area contributed by atoms with Crippen LogP contribution in [0.1, 0.15) is 33.5 Å². The van der Waals surface area contributed by atoms with E-state index in [0.29, 0.717) is 36.1 Å². The fourth-order valence-corrected chi connectivity index (χ4v) is 4.49. The minimum atomic E-state index is -4.17. The highest BCUT2D eigenvalue weighted by Gasteiger charge is 2.58. The molecular weight excluding hydrogens is 602 g/mol. The van der Waals surface area contributed by atoms with E-state index in [4.69, 9.17) is 10.00 Å². The Balaban J connectivity index is 1.26. The first-order valence-corrected chi connectivity index (χ1v) is 13.8. The van der Waals surface area contributed by atoms with Crippen molar-refractivity contribution in [1.82, 2.24) is 30.5 Å². The van der Waals surface area contributed by atoms with Crippen molar-refractivity contribution in [2.45, 2.75) is 31.2 Å². The zero-order valence-electron chi connectivity index (χ0n) is 24.0. The highest BCUT2D eigenvalue weighted by Crippen LogP contribution is 2.46. The second-order valence-corrected chi connectivity index (χ2v) is 10.1. The first kappa shape index (κ1) is 31.8. The molecule has 2 N–H and O–H groups in total. The molecule has 0 aliphatic carbocycles. The van der Waals surface area contributed by atoms with Crippen LogP contribution in [-0.4, -0.2) is 36.8 Å². The summed E-state index contributed by atoms with van der Waals surface area (Å²) in [6.07, 6.45) is 2.09. The van der Waals surface area contributed by atoms with Gasteiger partial charge < -0.3 is 15.2 Å². The summed E-state index contributed by atoms with van der Waals surface area (Å²) >= 11 is 0. The predicted octanol–water partition coefficient (Wildman–Crippen LogP) is 4.62. The SMILES string of the molecule is N#CCNCc1ccc(COc2ccc(C#Cc3ccc(C(F)(F)C(O)(Cn4cnnn4)c4ccc(F)cc4F)nc3)cc2)cc1. The fourth-order valence-electron chi connectivity index (χ4n) is 4.49. The average Bonchev–Trinajstić information content (AvgIpc) is 3.57. The summed E-state index contributed by atoms with van der Waals surface area (Å²) in [5.74, 6) is -0.135. The first-order valence-electron chi connectivity index (χ1n) is 13.8. The fraction of sp³-hybridized carbons (Fsp3) is 0.182. The van der Waals surface area contributed by atoms with E-state index in [1.54, 1.807) is 24.3 Å². The van der Waals surface area contributed by atoms with Gasteiger partial charge in [0, 0.05) is 35.5 Å². The highest BCUT2D eigenvalue weighted by atomic mass is 19.3. The molecule has 1 unspecified atom stereocenters. The van der Waals surface area contributed by atoms with Crippen LogP contribution in [0.5, 0.6) is 5.75 Å². The van der Waals surface area contributed by atoms with Crippen LogP contribution in [0, 0.1) is 34.8 Å². The Morgan fingerprint density at radius 2 is 1.63 bits per heavy atom. The molecule has 3 aromatic carbocycles. The van der Waals surface area contributed by atoms with Gasteiger partial charge in [-0.05, 0) is 70.1 Å². The van der Waals surface area contributed by atoms with E-state index in [2.05, 4.69) is 37.7 Å². The largest absolute Gasteiger partial charge is 0.489 e. The van der Waals surface area contributed by atoms with Crippen molar-refractivity contribution in [3.63, 3.8) is 0 Å². The minimum absolute atomic E-state index is 0.284. The van der Waals surface area contributed by atoms with Gasteiger partial charge in [0.25, 0.3) is 0 Å². The first-order chi connectivity index (χ1) is 22.2. The Kier molecular flexibility index (Phi) is 9.67. The number of nitriles is 1. The highest BCUT2D eigenvalue weighted by molar-refractivity contribution is 5.44. The molecule has 0 amide bonds. The van der Waals surface area contributed by atoms with E-state index >= 15 is 8.78 Å². The number of alkyl halides is 2. The molecule has 46 heavy (non-hydrogen) atoms. The van der Waals surface area contributed by atoms with Gasteiger partial charge in [0.1, 0.15) is 36.0 Å². The Morgan fingerprint density at radius 3 is 2.28 bits per heavy atom. The van der Waals surface area contributed by atoms with Crippen LogP contribution in [0.3, 0.4) is 0 Å². The number of benzene rings is 3. The van der Waals surface area contributed by atoms with Crippen LogP contribution in [0.25, 0.3) is 0 Å². The molecule has 13 heteroatoms. The van der Waals surface area contributed by atoms with E-state index < -0.39 is 41.0 Å². The molecule has 5 rings (SSSR count). The van der Waals surface area contributed by atoms with Gasteiger partial charge in [0.2, 0.25) is 0 Å². The quantitative estimate of drug-likeness (QED) is 0.0943. The van der Waals surface area contributed by atoms with Crippen molar-refractivity contribution in [1.29, 1.82) is 5.26 Å². The van der Waals surface area contributed by atoms with Crippen LogP contribution in [0.4, 0.5) is 17.6 Å². The molecule has 0 bridgehead atoms. The lowest BCUT2D eigenvalue weighted by Gasteiger charge is -2.35. The number of halogens is 4. The third kappa shape index (κ3) is 7.35. The molecular formula is C33H25F4N7O2. The molecule has 0 spiro atoms. The van der Waals surface area contributed by atoms with Crippen LogP contribution in [0.15, 0.2) is 91.4 Å². The molecule has 9 nitrogen and oxygen atoms in total. The van der Waals surface area contributed by atoms with Gasteiger partial charge in [-0.1, -0.05) is 36.1 Å². The van der Waals surface area contributed by atoms with Gasteiger partial charge in [-0.3, -0.25) is 4.98 Å². The summed E-state index contributed by atoms with van der Waals surface area (Å²) in [6.45, 7) is 0.298. The van der Waals surface area contributed by atoms with Crippen molar-refractivity contribution in [2.24, 2.45) is 0 Å². The normalized spacial score (nSPS) is 12.4. The van der Waals surface area contributed by atoms with E-state index in [-0.39, 0.29) is 6.54 Å². The lowest BCUT2D eigenvalue weighted by atomic mass is 9.84. The standard InChI is InChI=1S/C33H25F4N7O2/c34-27-10-13-29(30(35)17-27)32(45,21-44-22-41-42-43-44)33(36,37)31-14-9-25(19-40-31)2-1-23-7-11-28(12-8-23)46-20-26-5-3-24(4-6-26)18-39-16-15-38/h3-14,17,19,22,39,45H,16,18,20-21H2. The summed E-state index contributed by atoms with van der Waals surface area (Å²) in [6, 6.07) is 21.1. The van der Waals surface area contributed by atoms with Gasteiger partial charge >= 0.3 is 5.92 Å². The second kappa shape index (κ2) is 14.0. The Morgan fingerprint density at radius 1 is 0.913 bits per heavy atom. The van der Waals surface area contributed by atoms with E-state index in [1.165, 1.54) is 6.07 Å². The topological polar surface area (TPSA) is 122 Å². The molecule has 232 valence electrons. The maximum absolute atomic E-state index is 15.9. The zero-order chi connectivity index (χ0) is 32.6. The third-order valence-electron chi connectivity index (χ3n) is 6.93. The number of tetrazole rings is 1. The van der Waals surface area contributed by atoms with Crippen molar-refractivity contribution in [3.05, 3.63) is 137 Å². The number of nitrogens with zero attached hydrogens (tertiary/aromatic N) is 6. The van der Waals surface area contributed by atoms with Crippen molar-refractivity contribution >= 4 is 0 Å². The van der Waals surface area contributed by atoms with Crippen molar-refractivity contribution in [3.8, 4) is 23.7 Å². The lowest BCUT2D eigenvalue weighted by molar-refractivity contribution is -0.207.